The first kappa shape index (κ1) is 17.9. The van der Waals surface area contributed by atoms with E-state index in [0.717, 1.165) is 0 Å². The SMILES string of the molecule is C[Si]1(C)[Si](C)(C)[Si](C)(Cl)[Si](C)(C)[Si](C)(C)[Si]1(C)Cl. The lowest BCUT2D eigenvalue weighted by Crippen LogP contribution is -2.99. The Bertz CT molecular complexity index is 256. The van der Waals surface area contributed by atoms with Gasteiger partial charge < -0.3 is 0 Å². The second-order valence-corrected chi connectivity index (χ2v) is 84.9. The Morgan fingerprint density at radius 2 is 0.500 bits per heavy atom. The summed E-state index contributed by atoms with van der Waals surface area (Å²) in [6, 6.07) is 0. The average Bonchev–Trinajstić information content (AvgIpc) is 2.14. The Balaban J connectivity index is 3.72. The Labute approximate surface area is 128 Å². The van der Waals surface area contributed by atoms with Gasteiger partial charge in [-0.3, -0.25) is 0 Å². The van der Waals surface area contributed by atoms with Crippen molar-refractivity contribution in [3.8, 4) is 0 Å². The molecule has 1 fully saturated rings. The van der Waals surface area contributed by atoms with Gasteiger partial charge in [0.05, 0.1) is 28.4 Å². The van der Waals surface area contributed by atoms with Crippen molar-refractivity contribution in [2.45, 2.75) is 65.5 Å². The third kappa shape index (κ3) is 1.63. The third-order valence-corrected chi connectivity index (χ3v) is 170. The van der Waals surface area contributed by atoms with Crippen molar-refractivity contribution < 1.29 is 0 Å². The molecule has 0 amide bonds. The van der Waals surface area contributed by atoms with Gasteiger partial charge in [-0.25, -0.2) is 0 Å². The summed E-state index contributed by atoms with van der Waals surface area (Å²) in [5.74, 6) is 0. The molecule has 1 aliphatic rings. The van der Waals surface area contributed by atoms with Gasteiger partial charge in [-0.15, -0.1) is 0 Å². The smallest absolute Gasteiger partial charge is 0.130 e. The standard InChI is InChI=1S/C10H30Cl2Si6/c1-13(2)14(3,4)18(10,12)16(7,8)15(5,6)17(13,9)11/h1-10H3. The molecular formula is C10H30Cl2Si6. The normalized spacial score (nSPS) is 44.7. The average molecular weight is 390 g/mol. The van der Waals surface area contributed by atoms with Crippen LogP contribution >= 0.6 is 22.2 Å². The summed E-state index contributed by atoms with van der Waals surface area (Å²) >= 11 is 14.9. The first-order valence-corrected chi connectivity index (χ1v) is 31.9. The molecule has 18 heavy (non-hydrogen) atoms. The summed E-state index contributed by atoms with van der Waals surface area (Å²) < 4.78 is 0. The lowest BCUT2D eigenvalue weighted by atomic mass is 11.9. The molecule has 1 heterocycles. The minimum absolute atomic E-state index is 1.34. The minimum Gasteiger partial charge on any atom is -0.175 e. The van der Waals surface area contributed by atoms with Crippen LogP contribution in [0.25, 0.3) is 0 Å². The molecule has 0 saturated carbocycles. The molecule has 108 valence electrons. The zero-order chi connectivity index (χ0) is 15.0. The fourth-order valence-corrected chi connectivity index (χ4v) is 254. The van der Waals surface area contributed by atoms with Crippen molar-refractivity contribution in [2.75, 3.05) is 0 Å². The number of rotatable bonds is 0. The predicted octanol–water partition coefficient (Wildman–Crippen LogP) is 4.93. The molecule has 0 bridgehead atoms. The lowest BCUT2D eigenvalue weighted by Gasteiger charge is -2.69. The molecule has 1 rings (SSSR count). The van der Waals surface area contributed by atoms with Crippen molar-refractivity contribution >= 4 is 63.4 Å². The van der Waals surface area contributed by atoms with Crippen LogP contribution in [-0.4, -0.2) is 41.3 Å². The fraction of sp³-hybridized carbons (Fsp3) is 1.00. The van der Waals surface area contributed by atoms with E-state index in [2.05, 4.69) is 65.5 Å². The number of halogens is 2. The van der Waals surface area contributed by atoms with Crippen molar-refractivity contribution in [3.05, 3.63) is 0 Å². The Morgan fingerprint density at radius 3 is 0.611 bits per heavy atom. The molecule has 0 radical (unpaired) electrons. The molecule has 1 aliphatic heterocycles. The van der Waals surface area contributed by atoms with Crippen LogP contribution in [0, 0.1) is 0 Å². The van der Waals surface area contributed by atoms with Gasteiger partial charge in [-0.1, -0.05) is 65.5 Å². The van der Waals surface area contributed by atoms with Gasteiger partial charge in [0.25, 0.3) is 0 Å². The molecule has 0 aromatic rings. The van der Waals surface area contributed by atoms with Gasteiger partial charge >= 0.3 is 0 Å². The van der Waals surface area contributed by atoms with Crippen LogP contribution in [0.5, 0.6) is 0 Å². The molecule has 0 aromatic carbocycles. The lowest BCUT2D eigenvalue weighted by molar-refractivity contribution is 1.79. The summed E-state index contributed by atoms with van der Waals surface area (Å²) in [6.45, 7) is 26.0. The van der Waals surface area contributed by atoms with Gasteiger partial charge in [0.1, 0.15) is 12.8 Å². The molecule has 0 unspecified atom stereocenters. The predicted molar refractivity (Wildman–Crippen MR) is 105 cm³/mol. The van der Waals surface area contributed by atoms with Gasteiger partial charge in [-0.05, 0) is 0 Å². The summed E-state index contributed by atoms with van der Waals surface area (Å²) in [5.41, 5.74) is 0. The van der Waals surface area contributed by atoms with Gasteiger partial charge in [0.15, 0.2) is 0 Å². The van der Waals surface area contributed by atoms with Crippen molar-refractivity contribution in [2.24, 2.45) is 0 Å². The first-order valence-electron chi connectivity index (χ1n) is 6.88. The summed E-state index contributed by atoms with van der Waals surface area (Å²) in [7, 11) is -5.34. The highest BCUT2D eigenvalue weighted by Crippen LogP contribution is 2.54. The summed E-state index contributed by atoms with van der Waals surface area (Å²) in [4.78, 5) is 0. The van der Waals surface area contributed by atoms with E-state index in [0.29, 0.717) is 0 Å². The summed E-state index contributed by atoms with van der Waals surface area (Å²) in [6.07, 6.45) is -3.16. The van der Waals surface area contributed by atoms with Gasteiger partial charge in [0, 0.05) is 0 Å². The second kappa shape index (κ2) is 4.21. The van der Waals surface area contributed by atoms with E-state index in [1.165, 1.54) is 0 Å². The highest BCUT2D eigenvalue weighted by atomic mass is 35.6. The second-order valence-electron chi connectivity index (χ2n) is 8.51. The van der Waals surface area contributed by atoms with Gasteiger partial charge in [0.2, 0.25) is 0 Å². The molecule has 0 aromatic heterocycles. The van der Waals surface area contributed by atoms with Crippen molar-refractivity contribution in [1.29, 1.82) is 0 Å². The molecule has 0 atom stereocenters. The first-order chi connectivity index (χ1) is 7.50. The van der Waals surface area contributed by atoms with Gasteiger partial charge in [-0.2, -0.15) is 22.2 Å². The number of hydrogen-bond donors (Lipinski definition) is 0. The van der Waals surface area contributed by atoms with E-state index in [9.17, 15) is 0 Å². The van der Waals surface area contributed by atoms with Crippen LogP contribution in [0.15, 0.2) is 0 Å². The molecular weight excluding hydrogens is 360 g/mol. The van der Waals surface area contributed by atoms with E-state index in [-0.39, 0.29) is 0 Å². The molecule has 0 aliphatic carbocycles. The maximum absolute atomic E-state index is 7.45. The van der Waals surface area contributed by atoms with Crippen LogP contribution < -0.4 is 0 Å². The number of hydrogen-bond acceptors (Lipinski definition) is 0. The Morgan fingerprint density at radius 1 is 0.389 bits per heavy atom. The van der Waals surface area contributed by atoms with Crippen LogP contribution in [0.3, 0.4) is 0 Å². The quantitative estimate of drug-likeness (QED) is 0.407. The maximum Gasteiger partial charge on any atom is 0.130 e. The maximum atomic E-state index is 7.45. The zero-order valence-corrected chi connectivity index (χ0v) is 21.3. The minimum atomic E-state index is -1.58. The Kier molecular flexibility index (Phi) is 4.19. The van der Waals surface area contributed by atoms with Crippen LogP contribution in [0.4, 0.5) is 0 Å². The van der Waals surface area contributed by atoms with Crippen LogP contribution in [0.2, 0.25) is 65.5 Å². The van der Waals surface area contributed by atoms with Crippen LogP contribution in [-0.2, 0) is 0 Å². The molecule has 1 saturated heterocycles. The molecule has 0 nitrogen and oxygen atoms in total. The van der Waals surface area contributed by atoms with Crippen molar-refractivity contribution in [3.63, 3.8) is 0 Å². The largest absolute Gasteiger partial charge is 0.175 e. The molecule has 8 heteroatoms. The fourth-order valence-electron chi connectivity index (χ4n) is 3.91. The van der Waals surface area contributed by atoms with Crippen molar-refractivity contribution in [1.82, 2.24) is 0 Å². The van der Waals surface area contributed by atoms with E-state index in [1.54, 1.807) is 0 Å². The zero-order valence-electron chi connectivity index (χ0n) is 13.8. The highest BCUT2D eigenvalue weighted by Gasteiger charge is 2.79. The summed E-state index contributed by atoms with van der Waals surface area (Å²) in [5, 5.41) is 0. The van der Waals surface area contributed by atoms with E-state index in [1.807, 2.05) is 0 Å². The monoisotopic (exact) mass is 388 g/mol. The molecule has 0 N–H and O–H groups in total. The van der Waals surface area contributed by atoms with E-state index < -0.39 is 41.3 Å². The van der Waals surface area contributed by atoms with Crippen LogP contribution in [0.1, 0.15) is 0 Å². The third-order valence-electron chi connectivity index (χ3n) is 7.82. The van der Waals surface area contributed by atoms with E-state index in [4.69, 9.17) is 22.2 Å². The molecule has 0 spiro atoms. The Hall–Kier alpha value is 1.88. The highest BCUT2D eigenvalue weighted by molar-refractivity contribution is 8.21. The topological polar surface area (TPSA) is 0 Å². The van der Waals surface area contributed by atoms with E-state index >= 15 is 0 Å².